The number of hydrogen-bond acceptors (Lipinski definition) is 7. The second kappa shape index (κ2) is 9.93. The molecule has 31 heavy (non-hydrogen) atoms. The summed E-state index contributed by atoms with van der Waals surface area (Å²) in [6.07, 6.45) is -0.340. The molecule has 3 saturated heterocycles. The first-order chi connectivity index (χ1) is 14.9. The molecule has 0 bridgehead atoms. The van der Waals surface area contributed by atoms with E-state index in [1.165, 1.54) is 4.31 Å². The summed E-state index contributed by atoms with van der Waals surface area (Å²) in [5.74, 6) is 0.0303. The highest BCUT2D eigenvalue weighted by Crippen LogP contribution is 2.31. The van der Waals surface area contributed by atoms with E-state index < -0.39 is 28.3 Å². The Balaban J connectivity index is 1.49. The van der Waals surface area contributed by atoms with Gasteiger partial charge in [0.2, 0.25) is 15.9 Å². The van der Waals surface area contributed by atoms with Crippen LogP contribution < -0.4 is 0 Å². The van der Waals surface area contributed by atoms with E-state index in [1.807, 2.05) is 0 Å². The number of β-amino-alcohol motifs (C(OH)–C–C–N with tert-alkyl or cyclic N) is 1. The Morgan fingerprint density at radius 1 is 1.06 bits per heavy atom. The highest BCUT2D eigenvalue weighted by Gasteiger charge is 2.43. The number of rotatable bonds is 4. The fraction of sp³-hybridized carbons (Fsp3) is 0.667. The van der Waals surface area contributed by atoms with Crippen molar-refractivity contribution in [3.8, 4) is 0 Å². The van der Waals surface area contributed by atoms with Crippen LogP contribution in [-0.4, -0.2) is 99.1 Å². The van der Waals surface area contributed by atoms with Gasteiger partial charge in [0.15, 0.2) is 0 Å². The van der Waals surface area contributed by atoms with Gasteiger partial charge in [-0.2, -0.15) is 4.31 Å². The van der Waals surface area contributed by atoms with Crippen molar-refractivity contribution in [2.24, 2.45) is 0 Å². The van der Waals surface area contributed by atoms with Crippen molar-refractivity contribution in [1.29, 1.82) is 0 Å². The van der Waals surface area contributed by atoms with Crippen molar-refractivity contribution in [1.82, 2.24) is 9.21 Å². The van der Waals surface area contributed by atoms with Gasteiger partial charge in [-0.3, -0.25) is 4.79 Å². The van der Waals surface area contributed by atoms with Gasteiger partial charge in [0, 0.05) is 19.6 Å². The summed E-state index contributed by atoms with van der Waals surface area (Å²) in [6, 6.07) is 7.77. The van der Waals surface area contributed by atoms with E-state index >= 15 is 0 Å². The molecule has 3 heterocycles. The molecular formula is C21H30N2O7S. The van der Waals surface area contributed by atoms with Crippen LogP contribution in [0.4, 0.5) is 0 Å². The third kappa shape index (κ3) is 5.27. The summed E-state index contributed by atoms with van der Waals surface area (Å²) in [5, 5.41) is 10.3. The number of nitrogens with zero attached hydrogens (tertiary/aromatic N) is 2. The summed E-state index contributed by atoms with van der Waals surface area (Å²) in [7, 11) is -3.81. The molecule has 0 aromatic heterocycles. The zero-order chi connectivity index (χ0) is 21.8. The largest absolute Gasteiger partial charge is 0.389 e. The number of fused-ring (bicyclic) bond motifs is 1. The molecule has 1 N–H and O–H groups in total. The van der Waals surface area contributed by atoms with E-state index in [0.717, 1.165) is 0 Å². The predicted molar refractivity (Wildman–Crippen MR) is 111 cm³/mol. The summed E-state index contributed by atoms with van der Waals surface area (Å²) < 4.78 is 45.2. The first kappa shape index (κ1) is 22.6. The summed E-state index contributed by atoms with van der Waals surface area (Å²) >= 11 is 0. The number of hydrogen-bond donors (Lipinski definition) is 1. The van der Waals surface area contributed by atoms with E-state index in [9.17, 15) is 18.3 Å². The van der Waals surface area contributed by atoms with Crippen LogP contribution in [0.1, 0.15) is 19.3 Å². The van der Waals surface area contributed by atoms with Gasteiger partial charge in [-0.15, -0.1) is 0 Å². The highest BCUT2D eigenvalue weighted by atomic mass is 32.2. The van der Waals surface area contributed by atoms with Crippen LogP contribution in [0.25, 0.3) is 0 Å². The van der Waals surface area contributed by atoms with Crippen LogP contribution in [0, 0.1) is 0 Å². The third-order valence-electron chi connectivity index (χ3n) is 6.05. The predicted octanol–water partition coefficient (Wildman–Crippen LogP) is 0.234. The normalized spacial score (nSPS) is 30.8. The van der Waals surface area contributed by atoms with Gasteiger partial charge in [-0.25, -0.2) is 8.42 Å². The summed E-state index contributed by atoms with van der Waals surface area (Å²) in [6.45, 7) is 2.41. The van der Waals surface area contributed by atoms with Crippen molar-refractivity contribution in [3.63, 3.8) is 0 Å². The highest BCUT2D eigenvalue weighted by molar-refractivity contribution is 7.89. The molecule has 1 aromatic carbocycles. The minimum Gasteiger partial charge on any atom is -0.389 e. The maximum atomic E-state index is 13.4. The molecule has 3 aliphatic heterocycles. The number of benzene rings is 1. The van der Waals surface area contributed by atoms with Crippen LogP contribution >= 0.6 is 0 Å². The lowest BCUT2D eigenvalue weighted by Crippen LogP contribution is -2.57. The van der Waals surface area contributed by atoms with Crippen molar-refractivity contribution in [2.45, 2.75) is 48.5 Å². The number of carbonyl (C=O) groups is 1. The zero-order valence-electron chi connectivity index (χ0n) is 17.5. The SMILES string of the molecule is O=C(C[C@@H]1CC[C@@H]2[C@H](COC[C@@H](O)CN2S(=O)(=O)c2ccccc2)O1)N1CCOCC1. The molecular weight excluding hydrogens is 424 g/mol. The summed E-state index contributed by atoms with van der Waals surface area (Å²) in [4.78, 5) is 14.6. The van der Waals surface area contributed by atoms with Crippen LogP contribution in [0.2, 0.25) is 0 Å². The lowest BCUT2D eigenvalue weighted by molar-refractivity contribution is -0.153. The molecule has 0 spiro atoms. The van der Waals surface area contributed by atoms with E-state index in [2.05, 4.69) is 0 Å². The number of sulfonamides is 1. The molecule has 172 valence electrons. The maximum Gasteiger partial charge on any atom is 0.243 e. The Hall–Kier alpha value is -1.56. The zero-order valence-corrected chi connectivity index (χ0v) is 18.3. The Kier molecular flexibility index (Phi) is 7.25. The topological polar surface area (TPSA) is 106 Å². The molecule has 3 aliphatic rings. The average Bonchev–Trinajstić information content (AvgIpc) is 2.78. The Labute approximate surface area is 182 Å². The Morgan fingerprint density at radius 2 is 1.81 bits per heavy atom. The number of ether oxygens (including phenoxy) is 3. The van der Waals surface area contributed by atoms with Gasteiger partial charge < -0.3 is 24.2 Å². The van der Waals surface area contributed by atoms with Crippen molar-refractivity contribution < 1.29 is 32.5 Å². The second-order valence-electron chi connectivity index (χ2n) is 8.22. The quantitative estimate of drug-likeness (QED) is 0.694. The summed E-state index contributed by atoms with van der Waals surface area (Å²) in [5.41, 5.74) is 0. The number of aliphatic hydroxyl groups excluding tert-OH is 1. The van der Waals surface area contributed by atoms with Crippen molar-refractivity contribution in [2.75, 3.05) is 46.1 Å². The molecule has 4 rings (SSSR count). The van der Waals surface area contributed by atoms with E-state index in [4.69, 9.17) is 14.2 Å². The molecule has 1 aromatic rings. The Bertz CT molecular complexity index is 845. The molecule has 0 unspecified atom stereocenters. The molecule has 4 atom stereocenters. The molecule has 0 saturated carbocycles. The van der Waals surface area contributed by atoms with Crippen molar-refractivity contribution in [3.05, 3.63) is 30.3 Å². The Morgan fingerprint density at radius 3 is 2.55 bits per heavy atom. The number of carbonyl (C=O) groups excluding carboxylic acids is 1. The smallest absolute Gasteiger partial charge is 0.243 e. The molecule has 0 aliphatic carbocycles. The minimum atomic E-state index is -3.81. The van der Waals surface area contributed by atoms with Gasteiger partial charge >= 0.3 is 0 Å². The van der Waals surface area contributed by atoms with Crippen LogP contribution in [0.3, 0.4) is 0 Å². The number of amides is 1. The molecule has 3 fully saturated rings. The average molecular weight is 455 g/mol. The molecule has 9 nitrogen and oxygen atoms in total. The second-order valence-corrected chi connectivity index (χ2v) is 10.1. The van der Waals surface area contributed by atoms with E-state index in [-0.39, 0.29) is 43.1 Å². The van der Waals surface area contributed by atoms with Gasteiger partial charge in [0.05, 0.1) is 62.1 Å². The van der Waals surface area contributed by atoms with Gasteiger partial charge in [0.25, 0.3) is 0 Å². The standard InChI is InChI=1S/C21H30N2O7S/c24-16-13-23(31(26,27)18-4-2-1-3-5-18)19-7-6-17(30-20(19)15-29-14-16)12-21(25)22-8-10-28-11-9-22/h1-5,16-17,19-20,24H,6-15H2/t16-,17-,19+,20-/m0/s1. The lowest BCUT2D eigenvalue weighted by atomic mass is 9.96. The number of morpholine rings is 1. The molecule has 10 heteroatoms. The molecule has 0 radical (unpaired) electrons. The lowest BCUT2D eigenvalue weighted by Gasteiger charge is -2.43. The maximum absolute atomic E-state index is 13.4. The van der Waals surface area contributed by atoms with Gasteiger partial charge in [-0.05, 0) is 25.0 Å². The fourth-order valence-electron chi connectivity index (χ4n) is 4.44. The monoisotopic (exact) mass is 454 g/mol. The van der Waals surface area contributed by atoms with Crippen LogP contribution in [-0.2, 0) is 29.0 Å². The minimum absolute atomic E-state index is 0.0303. The molecule has 1 amide bonds. The van der Waals surface area contributed by atoms with Crippen LogP contribution in [0.15, 0.2) is 35.2 Å². The van der Waals surface area contributed by atoms with Crippen molar-refractivity contribution >= 4 is 15.9 Å². The van der Waals surface area contributed by atoms with Gasteiger partial charge in [-0.1, -0.05) is 18.2 Å². The van der Waals surface area contributed by atoms with Gasteiger partial charge in [0.1, 0.15) is 0 Å². The first-order valence-electron chi connectivity index (χ1n) is 10.8. The van der Waals surface area contributed by atoms with E-state index in [0.29, 0.717) is 39.1 Å². The van der Waals surface area contributed by atoms with Crippen LogP contribution in [0.5, 0.6) is 0 Å². The fourth-order valence-corrected chi connectivity index (χ4v) is 6.17. The van der Waals surface area contributed by atoms with E-state index in [1.54, 1.807) is 35.2 Å². The third-order valence-corrected chi connectivity index (χ3v) is 7.95. The number of aliphatic hydroxyl groups is 1. The first-order valence-corrected chi connectivity index (χ1v) is 12.2.